The molecule has 0 saturated carbocycles. The maximum atomic E-state index is 13.0. The summed E-state index contributed by atoms with van der Waals surface area (Å²) in [4.78, 5) is 46.7. The second kappa shape index (κ2) is 8.46. The second-order valence-corrected chi connectivity index (χ2v) is 7.20. The van der Waals surface area contributed by atoms with Crippen LogP contribution in [0, 0.1) is 6.92 Å². The number of carbonyl (C=O) groups is 2. The van der Waals surface area contributed by atoms with Crippen LogP contribution >= 0.6 is 0 Å². The second-order valence-electron chi connectivity index (χ2n) is 7.20. The zero-order chi connectivity index (χ0) is 22.8. The molecule has 1 amide bonds. The fraction of sp³-hybridized carbons (Fsp3) is 0.174. The molecule has 1 atom stereocenters. The molecule has 32 heavy (non-hydrogen) atoms. The van der Waals surface area contributed by atoms with E-state index >= 15 is 0 Å². The standard InChI is InChI=1S/C23H21N5O4/c1-14-19(22(30)28(27(14)3)16-8-5-4-6-9-16)26-21(29)15(2)32-23(31)17-10-7-11-18-20(17)25-13-12-24-18/h4-13,15H,1-3H3,(H,26,29). The van der Waals surface area contributed by atoms with Gasteiger partial charge in [-0.2, -0.15) is 0 Å². The molecule has 4 aromatic rings. The third-order valence-electron chi connectivity index (χ3n) is 5.17. The molecule has 162 valence electrons. The zero-order valence-electron chi connectivity index (χ0n) is 17.8. The number of esters is 1. The zero-order valence-corrected chi connectivity index (χ0v) is 17.8. The number of nitrogens with one attached hydrogen (secondary N) is 1. The number of benzene rings is 2. The van der Waals surface area contributed by atoms with Crippen molar-refractivity contribution in [3.05, 3.63) is 82.5 Å². The number of ether oxygens (including phenoxy) is 1. The average Bonchev–Trinajstić information content (AvgIpc) is 3.02. The number of rotatable bonds is 5. The van der Waals surface area contributed by atoms with E-state index in [-0.39, 0.29) is 16.8 Å². The summed E-state index contributed by atoms with van der Waals surface area (Å²) in [6.45, 7) is 3.17. The number of fused-ring (bicyclic) bond motifs is 1. The Balaban J connectivity index is 1.55. The van der Waals surface area contributed by atoms with Gasteiger partial charge in [0.25, 0.3) is 11.5 Å². The van der Waals surface area contributed by atoms with Crippen LogP contribution in [-0.4, -0.2) is 37.3 Å². The third kappa shape index (κ3) is 3.76. The van der Waals surface area contributed by atoms with Crippen LogP contribution < -0.4 is 10.9 Å². The molecule has 9 heteroatoms. The molecule has 2 heterocycles. The molecule has 9 nitrogen and oxygen atoms in total. The molecule has 1 N–H and O–H groups in total. The number of carbonyl (C=O) groups excluding carboxylic acids is 2. The van der Waals surface area contributed by atoms with Crippen LogP contribution in [0.15, 0.2) is 65.7 Å². The van der Waals surface area contributed by atoms with Crippen molar-refractivity contribution in [2.75, 3.05) is 5.32 Å². The largest absolute Gasteiger partial charge is 0.449 e. The Morgan fingerprint density at radius 3 is 2.50 bits per heavy atom. The summed E-state index contributed by atoms with van der Waals surface area (Å²) >= 11 is 0. The molecular formula is C23H21N5O4. The van der Waals surface area contributed by atoms with Gasteiger partial charge in [0.2, 0.25) is 0 Å². The van der Waals surface area contributed by atoms with Crippen molar-refractivity contribution in [2.45, 2.75) is 20.0 Å². The third-order valence-corrected chi connectivity index (χ3v) is 5.17. The van der Waals surface area contributed by atoms with Crippen molar-refractivity contribution in [2.24, 2.45) is 7.05 Å². The number of amides is 1. The summed E-state index contributed by atoms with van der Waals surface area (Å²) in [6.07, 6.45) is 1.86. The first-order valence-corrected chi connectivity index (χ1v) is 9.94. The molecule has 1 unspecified atom stereocenters. The van der Waals surface area contributed by atoms with Gasteiger partial charge in [0, 0.05) is 19.4 Å². The molecule has 0 bridgehead atoms. The molecule has 4 rings (SSSR count). The van der Waals surface area contributed by atoms with Crippen LogP contribution in [0.1, 0.15) is 23.0 Å². The molecule has 2 aromatic heterocycles. The van der Waals surface area contributed by atoms with Gasteiger partial charge in [-0.3, -0.25) is 24.2 Å². The Kier molecular flexibility index (Phi) is 5.55. The first kappa shape index (κ1) is 21.0. The predicted octanol–water partition coefficient (Wildman–Crippen LogP) is 2.61. The van der Waals surface area contributed by atoms with Gasteiger partial charge in [0.15, 0.2) is 6.10 Å². The van der Waals surface area contributed by atoms with Crippen molar-refractivity contribution in [3.8, 4) is 5.69 Å². The van der Waals surface area contributed by atoms with Crippen molar-refractivity contribution in [1.82, 2.24) is 19.3 Å². The van der Waals surface area contributed by atoms with Crippen LogP contribution in [0.4, 0.5) is 5.69 Å². The van der Waals surface area contributed by atoms with E-state index in [0.717, 1.165) is 0 Å². The Hall–Kier alpha value is -4.27. The van der Waals surface area contributed by atoms with Gasteiger partial charge < -0.3 is 10.1 Å². The van der Waals surface area contributed by atoms with Gasteiger partial charge in [-0.25, -0.2) is 9.48 Å². The minimum atomic E-state index is -1.14. The van der Waals surface area contributed by atoms with E-state index in [2.05, 4.69) is 15.3 Å². The van der Waals surface area contributed by atoms with Crippen LogP contribution in [0.2, 0.25) is 0 Å². The molecule has 0 spiro atoms. The molecule has 0 fully saturated rings. The molecule has 0 aliphatic heterocycles. The van der Waals surface area contributed by atoms with E-state index in [9.17, 15) is 14.4 Å². The smallest absolute Gasteiger partial charge is 0.341 e. The number of hydrogen-bond acceptors (Lipinski definition) is 6. The molecule has 2 aromatic carbocycles. The quantitative estimate of drug-likeness (QED) is 0.487. The fourth-order valence-corrected chi connectivity index (χ4v) is 3.37. The molecule has 0 saturated heterocycles. The summed E-state index contributed by atoms with van der Waals surface area (Å²) in [5.74, 6) is -1.32. The molecule has 0 radical (unpaired) electrons. The van der Waals surface area contributed by atoms with E-state index in [4.69, 9.17) is 4.74 Å². The normalized spacial score (nSPS) is 11.8. The lowest BCUT2D eigenvalue weighted by atomic mass is 10.2. The predicted molar refractivity (Wildman–Crippen MR) is 119 cm³/mol. The fourth-order valence-electron chi connectivity index (χ4n) is 3.37. The minimum Gasteiger partial charge on any atom is -0.449 e. The topological polar surface area (TPSA) is 108 Å². The van der Waals surface area contributed by atoms with Crippen molar-refractivity contribution in [1.29, 1.82) is 0 Å². The lowest BCUT2D eigenvalue weighted by Gasteiger charge is -2.13. The Bertz CT molecular complexity index is 1370. The number of anilines is 1. The van der Waals surface area contributed by atoms with Crippen molar-refractivity contribution < 1.29 is 14.3 Å². The number of aromatic nitrogens is 4. The highest BCUT2D eigenvalue weighted by atomic mass is 16.5. The first-order valence-electron chi connectivity index (χ1n) is 9.94. The first-order chi connectivity index (χ1) is 15.4. The van der Waals surface area contributed by atoms with Gasteiger partial charge in [0.1, 0.15) is 11.2 Å². The lowest BCUT2D eigenvalue weighted by Crippen LogP contribution is -2.32. The molecular weight excluding hydrogens is 410 g/mol. The van der Waals surface area contributed by atoms with Gasteiger partial charge in [-0.1, -0.05) is 24.3 Å². The Morgan fingerprint density at radius 1 is 1.03 bits per heavy atom. The summed E-state index contributed by atoms with van der Waals surface area (Å²) in [5.41, 5.74) is 2.11. The van der Waals surface area contributed by atoms with E-state index in [0.29, 0.717) is 22.4 Å². The monoisotopic (exact) mass is 431 g/mol. The van der Waals surface area contributed by atoms with E-state index in [1.165, 1.54) is 24.0 Å². The summed E-state index contributed by atoms with van der Waals surface area (Å²) in [6, 6.07) is 14.0. The van der Waals surface area contributed by atoms with Gasteiger partial charge in [-0.15, -0.1) is 0 Å². The van der Waals surface area contributed by atoms with Crippen LogP contribution in [0.25, 0.3) is 16.7 Å². The number of para-hydroxylation sites is 2. The van der Waals surface area contributed by atoms with Crippen molar-refractivity contribution in [3.63, 3.8) is 0 Å². The average molecular weight is 431 g/mol. The highest BCUT2D eigenvalue weighted by molar-refractivity contribution is 6.03. The van der Waals surface area contributed by atoms with E-state index in [1.54, 1.807) is 49.0 Å². The summed E-state index contributed by atoms with van der Waals surface area (Å²) in [5, 5.41) is 2.60. The van der Waals surface area contributed by atoms with Crippen LogP contribution in [0.3, 0.4) is 0 Å². The molecule has 0 aliphatic rings. The van der Waals surface area contributed by atoms with Gasteiger partial charge in [0.05, 0.1) is 22.5 Å². The minimum absolute atomic E-state index is 0.125. The van der Waals surface area contributed by atoms with Gasteiger partial charge >= 0.3 is 5.97 Å². The summed E-state index contributed by atoms with van der Waals surface area (Å²) in [7, 11) is 1.73. The van der Waals surface area contributed by atoms with E-state index in [1.807, 2.05) is 18.2 Å². The Labute approximate surface area is 183 Å². The lowest BCUT2D eigenvalue weighted by molar-refractivity contribution is -0.123. The Morgan fingerprint density at radius 2 is 1.75 bits per heavy atom. The highest BCUT2D eigenvalue weighted by Gasteiger charge is 2.24. The number of hydrogen-bond donors (Lipinski definition) is 1. The van der Waals surface area contributed by atoms with Crippen LogP contribution in [-0.2, 0) is 16.6 Å². The van der Waals surface area contributed by atoms with Gasteiger partial charge in [-0.05, 0) is 38.1 Å². The summed E-state index contributed by atoms with van der Waals surface area (Å²) < 4.78 is 8.45. The maximum absolute atomic E-state index is 13.0. The van der Waals surface area contributed by atoms with Crippen molar-refractivity contribution >= 4 is 28.6 Å². The SMILES string of the molecule is Cc1c(NC(=O)C(C)OC(=O)c2cccc3nccnc23)c(=O)n(-c2ccccc2)n1C. The number of nitrogens with zero attached hydrogens (tertiary/aromatic N) is 4. The van der Waals surface area contributed by atoms with E-state index < -0.39 is 18.0 Å². The highest BCUT2D eigenvalue weighted by Crippen LogP contribution is 2.17. The molecule has 0 aliphatic carbocycles. The maximum Gasteiger partial charge on any atom is 0.341 e. The van der Waals surface area contributed by atoms with Crippen LogP contribution in [0.5, 0.6) is 0 Å².